The normalized spacial score (nSPS) is 12.5. The molecule has 0 aliphatic heterocycles. The Balaban J connectivity index is 3.20. The highest BCUT2D eigenvalue weighted by atomic mass is 79.9. The highest BCUT2D eigenvalue weighted by Crippen LogP contribution is 2.32. The Morgan fingerprint density at radius 2 is 2.00 bits per heavy atom. The fraction of sp³-hybridized carbons (Fsp3) is 0.571. The molecule has 0 bridgehead atoms. The molecule has 1 rings (SSSR count). The number of nitrogens with zero attached hydrogens (tertiary/aromatic N) is 2. The topological polar surface area (TPSA) is 17.8 Å². The zero-order chi connectivity index (χ0) is 10.2. The number of rotatable bonds is 1. The highest BCUT2D eigenvalue weighted by molar-refractivity contribution is 9.10. The second-order valence-corrected chi connectivity index (χ2v) is 3.70. The third-order valence-electron chi connectivity index (χ3n) is 1.49. The summed E-state index contributed by atoms with van der Waals surface area (Å²) in [6.07, 6.45) is -4.34. The van der Waals surface area contributed by atoms with Gasteiger partial charge in [0.25, 0.3) is 0 Å². The first-order chi connectivity index (χ1) is 5.82. The lowest BCUT2D eigenvalue weighted by atomic mass is 10.3. The van der Waals surface area contributed by atoms with Gasteiger partial charge in [-0.05, 0) is 29.8 Å². The van der Waals surface area contributed by atoms with Crippen LogP contribution in [0.4, 0.5) is 13.2 Å². The van der Waals surface area contributed by atoms with E-state index in [1.807, 2.05) is 0 Å². The molecule has 1 aromatic heterocycles. The van der Waals surface area contributed by atoms with Crippen LogP contribution in [-0.4, -0.2) is 9.78 Å². The Morgan fingerprint density at radius 1 is 1.46 bits per heavy atom. The molecule has 0 fully saturated rings. The van der Waals surface area contributed by atoms with E-state index in [4.69, 9.17) is 0 Å². The first kappa shape index (κ1) is 10.6. The van der Waals surface area contributed by atoms with E-state index in [1.54, 1.807) is 13.8 Å². The molecule has 0 N–H and O–H groups in total. The van der Waals surface area contributed by atoms with Gasteiger partial charge in [-0.25, -0.2) is 0 Å². The summed E-state index contributed by atoms with van der Waals surface area (Å²) < 4.78 is 38.2. The molecule has 0 aliphatic carbocycles. The second kappa shape index (κ2) is 3.32. The van der Waals surface area contributed by atoms with Crippen molar-refractivity contribution in [2.24, 2.45) is 0 Å². The average molecular weight is 257 g/mol. The highest BCUT2D eigenvalue weighted by Gasteiger charge is 2.36. The van der Waals surface area contributed by atoms with E-state index in [-0.39, 0.29) is 10.6 Å². The molecule has 0 radical (unpaired) electrons. The van der Waals surface area contributed by atoms with Crippen LogP contribution in [0.25, 0.3) is 0 Å². The predicted molar refractivity (Wildman–Crippen MR) is 45.3 cm³/mol. The minimum Gasteiger partial charge on any atom is -0.257 e. The van der Waals surface area contributed by atoms with Gasteiger partial charge in [-0.3, -0.25) is 4.68 Å². The SMILES string of the molecule is CC(C)n1nc(Br)cc1C(F)(F)F. The fourth-order valence-corrected chi connectivity index (χ4v) is 1.36. The van der Waals surface area contributed by atoms with Crippen LogP contribution in [0.3, 0.4) is 0 Å². The van der Waals surface area contributed by atoms with Crippen LogP contribution in [0.2, 0.25) is 0 Å². The van der Waals surface area contributed by atoms with Crippen LogP contribution in [0.1, 0.15) is 25.6 Å². The zero-order valence-electron chi connectivity index (χ0n) is 7.06. The zero-order valence-corrected chi connectivity index (χ0v) is 8.65. The molecular weight excluding hydrogens is 249 g/mol. The van der Waals surface area contributed by atoms with Crippen molar-refractivity contribution in [1.29, 1.82) is 0 Å². The summed E-state index contributed by atoms with van der Waals surface area (Å²) in [5.74, 6) is 0. The summed E-state index contributed by atoms with van der Waals surface area (Å²) in [6, 6.07) is 0.669. The lowest BCUT2D eigenvalue weighted by molar-refractivity contribution is -0.144. The third kappa shape index (κ3) is 2.24. The molecule has 6 heteroatoms. The summed E-state index contributed by atoms with van der Waals surface area (Å²) in [5, 5.41) is 3.69. The summed E-state index contributed by atoms with van der Waals surface area (Å²) in [5.41, 5.74) is -0.727. The van der Waals surface area contributed by atoms with E-state index in [1.165, 1.54) is 0 Å². The summed E-state index contributed by atoms with van der Waals surface area (Å²) in [7, 11) is 0. The van der Waals surface area contributed by atoms with E-state index in [2.05, 4.69) is 21.0 Å². The quantitative estimate of drug-likeness (QED) is 0.755. The predicted octanol–water partition coefficient (Wildman–Crippen LogP) is 3.25. The van der Waals surface area contributed by atoms with E-state index < -0.39 is 11.9 Å². The van der Waals surface area contributed by atoms with E-state index >= 15 is 0 Å². The lowest BCUT2D eigenvalue weighted by Crippen LogP contribution is -2.16. The maximum absolute atomic E-state index is 12.3. The van der Waals surface area contributed by atoms with Crippen molar-refractivity contribution in [1.82, 2.24) is 9.78 Å². The standard InChI is InChI=1S/C7H8BrF3N2/c1-4(2)13-5(7(9,10)11)3-6(8)12-13/h3-4H,1-2H3. The lowest BCUT2D eigenvalue weighted by Gasteiger charge is -2.12. The monoisotopic (exact) mass is 256 g/mol. The first-order valence-electron chi connectivity index (χ1n) is 3.64. The molecule has 0 amide bonds. The number of aromatic nitrogens is 2. The van der Waals surface area contributed by atoms with Gasteiger partial charge in [-0.2, -0.15) is 18.3 Å². The van der Waals surface area contributed by atoms with Crippen LogP contribution >= 0.6 is 15.9 Å². The van der Waals surface area contributed by atoms with Crippen molar-refractivity contribution >= 4 is 15.9 Å². The summed E-state index contributed by atoms with van der Waals surface area (Å²) in [6.45, 7) is 3.30. The molecule has 0 aliphatic rings. The Kier molecular flexibility index (Phi) is 2.70. The van der Waals surface area contributed by atoms with Gasteiger partial charge in [0.1, 0.15) is 10.3 Å². The number of hydrogen-bond acceptors (Lipinski definition) is 1. The van der Waals surface area contributed by atoms with Gasteiger partial charge >= 0.3 is 6.18 Å². The van der Waals surface area contributed by atoms with Gasteiger partial charge in [-0.15, -0.1) is 0 Å². The molecule has 0 atom stereocenters. The minimum absolute atomic E-state index is 0.202. The van der Waals surface area contributed by atoms with Gasteiger partial charge in [0, 0.05) is 12.1 Å². The maximum Gasteiger partial charge on any atom is 0.433 e. The molecular formula is C7H8BrF3N2. The number of hydrogen-bond donors (Lipinski definition) is 0. The Labute approximate surface area is 81.9 Å². The van der Waals surface area contributed by atoms with Crippen molar-refractivity contribution in [2.45, 2.75) is 26.1 Å². The second-order valence-electron chi connectivity index (χ2n) is 2.89. The van der Waals surface area contributed by atoms with Crippen LogP contribution in [0.5, 0.6) is 0 Å². The Bertz CT molecular complexity index is 303. The smallest absolute Gasteiger partial charge is 0.257 e. The van der Waals surface area contributed by atoms with Crippen molar-refractivity contribution in [2.75, 3.05) is 0 Å². The maximum atomic E-state index is 12.3. The molecule has 0 saturated heterocycles. The molecule has 0 unspecified atom stereocenters. The molecule has 1 aromatic rings. The average Bonchev–Trinajstić information content (AvgIpc) is 2.29. The molecule has 0 saturated carbocycles. The van der Waals surface area contributed by atoms with Crippen LogP contribution < -0.4 is 0 Å². The fourth-order valence-electron chi connectivity index (χ4n) is 0.970. The van der Waals surface area contributed by atoms with E-state index in [0.717, 1.165) is 10.7 Å². The van der Waals surface area contributed by atoms with Gasteiger partial charge in [-0.1, -0.05) is 0 Å². The largest absolute Gasteiger partial charge is 0.433 e. The Hall–Kier alpha value is -0.520. The third-order valence-corrected chi connectivity index (χ3v) is 1.87. The summed E-state index contributed by atoms with van der Waals surface area (Å²) in [4.78, 5) is 0. The van der Waals surface area contributed by atoms with Crippen LogP contribution in [0.15, 0.2) is 10.7 Å². The molecule has 74 valence electrons. The first-order valence-corrected chi connectivity index (χ1v) is 4.44. The molecule has 0 aromatic carbocycles. The molecule has 0 spiro atoms. The number of alkyl halides is 3. The van der Waals surface area contributed by atoms with Gasteiger partial charge in [0.05, 0.1) is 0 Å². The molecule has 13 heavy (non-hydrogen) atoms. The van der Waals surface area contributed by atoms with Crippen molar-refractivity contribution in [3.8, 4) is 0 Å². The van der Waals surface area contributed by atoms with E-state index in [9.17, 15) is 13.2 Å². The van der Waals surface area contributed by atoms with Crippen molar-refractivity contribution in [3.63, 3.8) is 0 Å². The molecule has 1 heterocycles. The van der Waals surface area contributed by atoms with E-state index in [0.29, 0.717) is 0 Å². The van der Waals surface area contributed by atoms with Crippen molar-refractivity contribution in [3.05, 3.63) is 16.4 Å². The van der Waals surface area contributed by atoms with Crippen molar-refractivity contribution < 1.29 is 13.2 Å². The molecule has 2 nitrogen and oxygen atoms in total. The van der Waals surface area contributed by atoms with Crippen LogP contribution in [-0.2, 0) is 6.18 Å². The van der Waals surface area contributed by atoms with Crippen LogP contribution in [0, 0.1) is 0 Å². The van der Waals surface area contributed by atoms with Gasteiger partial charge < -0.3 is 0 Å². The minimum atomic E-state index is -4.34. The van der Waals surface area contributed by atoms with Gasteiger partial charge in [0.2, 0.25) is 0 Å². The number of halogens is 4. The summed E-state index contributed by atoms with van der Waals surface area (Å²) >= 11 is 2.91. The Morgan fingerprint density at radius 3 is 2.31 bits per heavy atom. The van der Waals surface area contributed by atoms with Gasteiger partial charge in [0.15, 0.2) is 0 Å².